The number of methoxy groups -OCH3 is 1. The van der Waals surface area contributed by atoms with E-state index >= 15 is 0 Å². The van der Waals surface area contributed by atoms with Crippen molar-refractivity contribution in [2.45, 2.75) is 6.42 Å². The number of ether oxygens (including phenoxy) is 1. The first kappa shape index (κ1) is 12.1. The Hall–Kier alpha value is -1.33. The molecular formula is C11H12ClN3OS. The van der Waals surface area contributed by atoms with Crippen LogP contribution in [0.4, 0.5) is 5.82 Å². The van der Waals surface area contributed by atoms with Gasteiger partial charge in [-0.15, -0.1) is 0 Å². The Morgan fingerprint density at radius 1 is 1.47 bits per heavy atom. The quantitative estimate of drug-likeness (QED) is 0.848. The molecule has 0 aromatic carbocycles. The van der Waals surface area contributed by atoms with Gasteiger partial charge in [0.05, 0.1) is 7.11 Å². The van der Waals surface area contributed by atoms with Crippen molar-refractivity contribution in [3.05, 3.63) is 33.9 Å². The molecule has 17 heavy (non-hydrogen) atoms. The maximum Gasteiger partial charge on any atom is 0.198 e. The molecule has 90 valence electrons. The SMILES string of the molecule is COc1c(Cl)ncnc1NCCc1ccsc1. The van der Waals surface area contributed by atoms with Crippen LogP contribution in [0.25, 0.3) is 0 Å². The lowest BCUT2D eigenvalue weighted by atomic mass is 10.2. The van der Waals surface area contributed by atoms with E-state index in [-0.39, 0.29) is 0 Å². The van der Waals surface area contributed by atoms with Crippen molar-refractivity contribution >= 4 is 28.8 Å². The van der Waals surface area contributed by atoms with Crippen LogP contribution in [0.3, 0.4) is 0 Å². The normalized spacial score (nSPS) is 10.2. The minimum Gasteiger partial charge on any atom is -0.490 e. The van der Waals surface area contributed by atoms with E-state index in [0.29, 0.717) is 16.7 Å². The second-order valence-corrected chi connectivity index (χ2v) is 4.49. The van der Waals surface area contributed by atoms with Gasteiger partial charge in [0.2, 0.25) is 0 Å². The zero-order valence-corrected chi connectivity index (χ0v) is 10.9. The lowest BCUT2D eigenvalue weighted by Gasteiger charge is -2.09. The molecule has 2 aromatic heterocycles. The van der Waals surface area contributed by atoms with E-state index in [2.05, 4.69) is 32.1 Å². The standard InChI is InChI=1S/C11H12ClN3OS/c1-16-9-10(12)14-7-15-11(9)13-4-2-8-3-5-17-6-8/h3,5-7H,2,4H2,1H3,(H,13,14,15). The molecule has 0 saturated carbocycles. The number of thiophene rings is 1. The van der Waals surface area contributed by atoms with Crippen LogP contribution < -0.4 is 10.1 Å². The first-order valence-corrected chi connectivity index (χ1v) is 6.42. The highest BCUT2D eigenvalue weighted by Gasteiger charge is 2.09. The van der Waals surface area contributed by atoms with Crippen molar-refractivity contribution in [1.82, 2.24) is 9.97 Å². The van der Waals surface area contributed by atoms with Crippen molar-refractivity contribution in [3.63, 3.8) is 0 Å². The minimum atomic E-state index is 0.320. The largest absolute Gasteiger partial charge is 0.490 e. The average molecular weight is 270 g/mol. The molecule has 0 atom stereocenters. The highest BCUT2D eigenvalue weighted by Crippen LogP contribution is 2.28. The number of halogens is 1. The molecule has 2 rings (SSSR count). The van der Waals surface area contributed by atoms with Crippen LogP contribution in [-0.4, -0.2) is 23.6 Å². The molecule has 2 aromatic rings. The summed E-state index contributed by atoms with van der Waals surface area (Å²) >= 11 is 7.59. The highest BCUT2D eigenvalue weighted by atomic mass is 35.5. The van der Waals surface area contributed by atoms with E-state index in [1.807, 2.05) is 0 Å². The summed E-state index contributed by atoms with van der Waals surface area (Å²) in [6.07, 6.45) is 2.35. The van der Waals surface area contributed by atoms with Gasteiger partial charge in [0.1, 0.15) is 6.33 Å². The van der Waals surface area contributed by atoms with Crippen molar-refractivity contribution in [3.8, 4) is 5.75 Å². The van der Waals surface area contributed by atoms with Crippen LogP contribution in [0.2, 0.25) is 5.15 Å². The summed E-state index contributed by atoms with van der Waals surface area (Å²) in [4.78, 5) is 7.96. The molecule has 0 bridgehead atoms. The number of nitrogens with one attached hydrogen (secondary N) is 1. The van der Waals surface area contributed by atoms with Gasteiger partial charge in [0.15, 0.2) is 16.7 Å². The number of aromatic nitrogens is 2. The van der Waals surface area contributed by atoms with Gasteiger partial charge in [0.25, 0.3) is 0 Å². The third-order valence-electron chi connectivity index (χ3n) is 2.25. The molecule has 0 spiro atoms. The average Bonchev–Trinajstić information content (AvgIpc) is 2.82. The molecule has 0 amide bonds. The highest BCUT2D eigenvalue weighted by molar-refractivity contribution is 7.07. The lowest BCUT2D eigenvalue weighted by Crippen LogP contribution is -2.07. The summed E-state index contributed by atoms with van der Waals surface area (Å²) in [5.41, 5.74) is 1.31. The zero-order valence-electron chi connectivity index (χ0n) is 9.31. The van der Waals surface area contributed by atoms with Gasteiger partial charge in [-0.1, -0.05) is 11.6 Å². The second kappa shape index (κ2) is 5.84. The number of hydrogen-bond acceptors (Lipinski definition) is 5. The minimum absolute atomic E-state index is 0.320. The Morgan fingerprint density at radius 3 is 3.06 bits per heavy atom. The predicted molar refractivity (Wildman–Crippen MR) is 70.1 cm³/mol. The summed E-state index contributed by atoms with van der Waals surface area (Å²) in [6, 6.07) is 2.11. The van der Waals surface area contributed by atoms with Gasteiger partial charge in [-0.2, -0.15) is 11.3 Å². The third kappa shape index (κ3) is 3.08. The zero-order chi connectivity index (χ0) is 12.1. The first-order valence-electron chi connectivity index (χ1n) is 5.10. The molecule has 0 aliphatic rings. The maximum absolute atomic E-state index is 5.89. The van der Waals surface area contributed by atoms with E-state index < -0.39 is 0 Å². The Morgan fingerprint density at radius 2 is 2.35 bits per heavy atom. The van der Waals surface area contributed by atoms with Crippen LogP contribution in [0.1, 0.15) is 5.56 Å². The van der Waals surface area contributed by atoms with Gasteiger partial charge < -0.3 is 10.1 Å². The number of anilines is 1. The Balaban J connectivity index is 1.97. The third-order valence-corrected chi connectivity index (χ3v) is 3.25. The second-order valence-electron chi connectivity index (χ2n) is 3.35. The molecule has 0 unspecified atom stereocenters. The van der Waals surface area contributed by atoms with Crippen molar-refractivity contribution < 1.29 is 4.74 Å². The van der Waals surface area contributed by atoms with Crippen LogP contribution in [0, 0.1) is 0 Å². The topological polar surface area (TPSA) is 47.0 Å². The molecule has 0 saturated heterocycles. The van der Waals surface area contributed by atoms with E-state index in [0.717, 1.165) is 13.0 Å². The number of nitrogens with zero attached hydrogens (tertiary/aromatic N) is 2. The van der Waals surface area contributed by atoms with E-state index in [1.54, 1.807) is 18.4 Å². The van der Waals surface area contributed by atoms with Gasteiger partial charge in [-0.25, -0.2) is 9.97 Å². The van der Waals surface area contributed by atoms with Crippen LogP contribution in [-0.2, 0) is 6.42 Å². The predicted octanol–water partition coefficient (Wildman–Crippen LogP) is 2.85. The molecule has 4 nitrogen and oxygen atoms in total. The maximum atomic E-state index is 5.89. The van der Waals surface area contributed by atoms with Crippen molar-refractivity contribution in [1.29, 1.82) is 0 Å². The lowest BCUT2D eigenvalue weighted by molar-refractivity contribution is 0.413. The van der Waals surface area contributed by atoms with Gasteiger partial charge >= 0.3 is 0 Å². The molecule has 1 N–H and O–H groups in total. The summed E-state index contributed by atoms with van der Waals surface area (Å²) in [6.45, 7) is 0.778. The van der Waals surface area contributed by atoms with Crippen LogP contribution in [0.5, 0.6) is 5.75 Å². The van der Waals surface area contributed by atoms with Gasteiger partial charge in [-0.05, 0) is 28.8 Å². The van der Waals surface area contributed by atoms with Gasteiger partial charge in [0, 0.05) is 6.54 Å². The van der Waals surface area contributed by atoms with E-state index in [4.69, 9.17) is 16.3 Å². The van der Waals surface area contributed by atoms with E-state index in [1.165, 1.54) is 11.9 Å². The molecule has 0 aliphatic heterocycles. The Bertz CT molecular complexity index is 476. The fourth-order valence-corrected chi connectivity index (χ4v) is 2.33. The summed E-state index contributed by atoms with van der Waals surface area (Å²) in [7, 11) is 1.55. The Labute approximate surface area is 109 Å². The summed E-state index contributed by atoms with van der Waals surface area (Å²) in [5.74, 6) is 1.11. The molecular weight excluding hydrogens is 258 g/mol. The van der Waals surface area contributed by atoms with Crippen molar-refractivity contribution in [2.24, 2.45) is 0 Å². The number of hydrogen-bond donors (Lipinski definition) is 1. The van der Waals surface area contributed by atoms with Crippen LogP contribution >= 0.6 is 22.9 Å². The summed E-state index contributed by atoms with van der Waals surface area (Å²) in [5, 5.41) is 7.71. The molecule has 6 heteroatoms. The fourth-order valence-electron chi connectivity index (χ4n) is 1.42. The smallest absolute Gasteiger partial charge is 0.198 e. The Kier molecular flexibility index (Phi) is 4.17. The molecule has 0 aliphatic carbocycles. The monoisotopic (exact) mass is 269 g/mol. The van der Waals surface area contributed by atoms with Crippen molar-refractivity contribution in [2.75, 3.05) is 19.0 Å². The molecule has 2 heterocycles. The fraction of sp³-hybridized carbons (Fsp3) is 0.273. The number of rotatable bonds is 5. The van der Waals surface area contributed by atoms with Gasteiger partial charge in [-0.3, -0.25) is 0 Å². The van der Waals surface area contributed by atoms with Crippen LogP contribution in [0.15, 0.2) is 23.2 Å². The first-order chi connectivity index (χ1) is 8.31. The molecule has 0 radical (unpaired) electrons. The van der Waals surface area contributed by atoms with E-state index in [9.17, 15) is 0 Å². The summed E-state index contributed by atoms with van der Waals surface area (Å²) < 4.78 is 5.15. The molecule has 0 fully saturated rings.